The van der Waals surface area contributed by atoms with Crippen molar-refractivity contribution < 1.29 is 77.3 Å². The van der Waals surface area contributed by atoms with Gasteiger partial charge in [-0.3, -0.25) is 72.1 Å². The molecule has 0 aliphatic carbocycles. The van der Waals surface area contributed by atoms with E-state index in [9.17, 15) is 77.3 Å². The Morgan fingerprint density at radius 1 is 0.636 bits per heavy atom. The van der Waals surface area contributed by atoms with Gasteiger partial charge in [0.15, 0.2) is 0 Å². The van der Waals surface area contributed by atoms with E-state index in [4.69, 9.17) is 17.2 Å². The number of carboxylic acid groups (broad SMARTS) is 2. The van der Waals surface area contributed by atoms with Crippen molar-refractivity contribution in [2.24, 2.45) is 45.9 Å². The average molecular weight is 1410 g/mol. The SMILES string of the molecule is CC[C@H](C)[C@H](NC(=O)[C@@H](CCC(=O)O)NC(=O)[C@H](CC(C)C)NC(=O)[C@@H]1CSC([C@@H](N)C(C)C)=N1)C(=O)NCCCC[C@@H]1NC(=O)[C@H](CC(N)=O)NC(=O)[C@@H](CC(=O)O)NC(=O)[C@H](Cc2cnc[nH]2)NC(=O)[C@@H](Cc2ccccc2)NC(=O)[C@H]([C@@H](C)CC)NC(=O)[C@@H](CCCN)NC1=O. The van der Waals surface area contributed by atoms with Gasteiger partial charge >= 0.3 is 11.9 Å². The van der Waals surface area contributed by atoms with Gasteiger partial charge < -0.3 is 90.9 Å². The highest BCUT2D eigenvalue weighted by atomic mass is 32.2. The molecule has 34 heteroatoms. The molecule has 0 radical (unpaired) electrons. The molecule has 2 aromatic rings. The summed E-state index contributed by atoms with van der Waals surface area (Å²) in [5, 5.41) is 48.9. The Kier molecular flexibility index (Phi) is 34.4. The minimum Gasteiger partial charge on any atom is -0.481 e. The van der Waals surface area contributed by atoms with Gasteiger partial charge in [-0.15, -0.1) is 11.8 Å². The molecule has 0 unspecified atom stereocenters. The number of carboxylic acids is 2. The molecule has 4 rings (SSSR count). The lowest BCUT2D eigenvalue weighted by molar-refractivity contribution is -0.142. The van der Waals surface area contributed by atoms with Crippen molar-refractivity contribution in [2.45, 2.75) is 218 Å². The summed E-state index contributed by atoms with van der Waals surface area (Å²) in [5.74, 6) is -15.1. The summed E-state index contributed by atoms with van der Waals surface area (Å²) in [6.07, 6.45) is -0.224. The second-order valence-electron chi connectivity index (χ2n) is 25.8. The van der Waals surface area contributed by atoms with E-state index < -0.39 is 193 Å². The zero-order valence-electron chi connectivity index (χ0n) is 57.4. The Morgan fingerprint density at radius 2 is 1.19 bits per heavy atom. The Bertz CT molecular complexity index is 3140. The van der Waals surface area contributed by atoms with E-state index in [1.54, 1.807) is 58.0 Å². The second-order valence-corrected chi connectivity index (χ2v) is 26.9. The number of rotatable bonds is 34. The molecule has 3 heterocycles. The third-order valence-corrected chi connectivity index (χ3v) is 18.1. The molecule has 20 N–H and O–H groups in total. The molecule has 548 valence electrons. The van der Waals surface area contributed by atoms with Crippen molar-refractivity contribution in [3.05, 3.63) is 54.1 Å². The lowest BCUT2D eigenvalue weighted by Gasteiger charge is -2.29. The number of hydrogen-bond acceptors (Lipinski definition) is 19. The van der Waals surface area contributed by atoms with E-state index in [0.717, 1.165) is 0 Å². The van der Waals surface area contributed by atoms with Crippen LogP contribution >= 0.6 is 11.8 Å². The number of aromatic amines is 1. The van der Waals surface area contributed by atoms with Gasteiger partial charge in [-0.1, -0.05) is 98.6 Å². The van der Waals surface area contributed by atoms with Crippen LogP contribution in [0, 0.1) is 23.7 Å². The zero-order valence-corrected chi connectivity index (χ0v) is 58.3. The number of carbonyl (C=O) groups excluding carboxylic acids is 12. The van der Waals surface area contributed by atoms with Crippen molar-refractivity contribution in [1.82, 2.24) is 68.5 Å². The van der Waals surface area contributed by atoms with E-state index in [-0.39, 0.29) is 76.3 Å². The van der Waals surface area contributed by atoms with Crippen LogP contribution in [-0.4, -0.2) is 199 Å². The summed E-state index contributed by atoms with van der Waals surface area (Å²) in [6, 6.07) is -8.07. The fourth-order valence-electron chi connectivity index (χ4n) is 10.6. The van der Waals surface area contributed by atoms with Gasteiger partial charge in [0.05, 0.1) is 30.3 Å². The first-order valence-electron chi connectivity index (χ1n) is 33.6. The standard InChI is InChI=1S/C65H101N17O16S/c1-9-35(7)52(81-56(90)41(21-22-49(84)85)74-57(91)42(25-33(3)4)75-62(96)47-31-99-65(80-47)51(68)34(5)6)63(97)70-24-15-14-19-39-54(88)72-40(20-16-23-66)55(89)82-53(36(8)10-2)64(98)79-43(26-37-17-12-11-13-18-37)58(92)76-44(27-38-30-69-32-71-38)59(93)78-46(29-50(86)87)61(95)77-45(28-48(67)83)60(94)73-39/h11-13,17-18,30,32-36,39-47,51-53H,9-10,14-16,19-29,31,66,68H2,1-8H3,(H2,67,83)(H,69,71)(H,70,97)(H,72,88)(H,73,94)(H,74,91)(H,75,96)(H,76,92)(H,77,95)(H,78,93)(H,79,98)(H,81,90)(H,82,89)(H,84,85)(H,86,87)/t35-,36-,39-,40+,41+,42-,43+,44-,45-,46+,47-,51-,52-,53-/m0/s1. The Morgan fingerprint density at radius 3 is 1.75 bits per heavy atom. The molecule has 12 amide bonds. The highest BCUT2D eigenvalue weighted by Gasteiger charge is 2.40. The number of nitrogens with zero attached hydrogens (tertiary/aromatic N) is 2. The summed E-state index contributed by atoms with van der Waals surface area (Å²) in [4.78, 5) is 205. The number of nitrogens with two attached hydrogens (primary N) is 3. The minimum absolute atomic E-state index is 0.00106. The summed E-state index contributed by atoms with van der Waals surface area (Å²) in [7, 11) is 0. The van der Waals surface area contributed by atoms with E-state index >= 15 is 0 Å². The molecular formula is C65H101N17O16S. The maximum atomic E-state index is 14.7. The summed E-state index contributed by atoms with van der Waals surface area (Å²) in [5.41, 5.74) is 18.6. The number of unbranched alkanes of at least 4 members (excludes halogenated alkanes) is 1. The van der Waals surface area contributed by atoms with Crippen molar-refractivity contribution in [1.29, 1.82) is 0 Å². The maximum Gasteiger partial charge on any atom is 0.305 e. The van der Waals surface area contributed by atoms with Crippen LogP contribution < -0.4 is 75.7 Å². The first-order valence-corrected chi connectivity index (χ1v) is 34.5. The fraction of sp³-hybridized carbons (Fsp3) is 0.631. The maximum absolute atomic E-state index is 14.7. The lowest BCUT2D eigenvalue weighted by Crippen LogP contribution is -2.61. The summed E-state index contributed by atoms with van der Waals surface area (Å²) in [6.45, 7) is 14.2. The smallest absolute Gasteiger partial charge is 0.305 e. The Hall–Kier alpha value is -9.05. The number of primary amides is 1. The normalized spacial score (nSPS) is 22.5. The number of H-pyrrole nitrogens is 1. The van der Waals surface area contributed by atoms with Crippen LogP contribution in [0.3, 0.4) is 0 Å². The highest BCUT2D eigenvalue weighted by Crippen LogP contribution is 2.24. The third kappa shape index (κ3) is 27.7. The molecule has 1 fully saturated rings. The molecule has 1 saturated heterocycles. The van der Waals surface area contributed by atoms with Crippen molar-refractivity contribution in [3.8, 4) is 0 Å². The number of aliphatic carboxylic acids is 2. The number of carbonyl (C=O) groups is 14. The molecule has 1 aromatic heterocycles. The molecule has 33 nitrogen and oxygen atoms in total. The van der Waals surface area contributed by atoms with Gasteiger partial charge in [-0.2, -0.15) is 0 Å². The number of aromatic nitrogens is 2. The molecule has 2 aliphatic rings. The minimum atomic E-state index is -2.00. The molecular weight excluding hydrogens is 1310 g/mol. The number of aliphatic imine (C=N–C) groups is 1. The number of benzene rings is 1. The molecule has 0 saturated carbocycles. The predicted molar refractivity (Wildman–Crippen MR) is 365 cm³/mol. The first kappa shape index (κ1) is 82.4. The quantitative estimate of drug-likeness (QED) is 0.0335. The van der Waals surface area contributed by atoms with E-state index in [2.05, 4.69) is 73.4 Å². The van der Waals surface area contributed by atoms with Crippen LogP contribution in [0.4, 0.5) is 0 Å². The van der Waals surface area contributed by atoms with Gasteiger partial charge in [0.25, 0.3) is 0 Å². The third-order valence-electron chi connectivity index (χ3n) is 16.9. The van der Waals surface area contributed by atoms with Gasteiger partial charge in [-0.05, 0) is 80.7 Å². The van der Waals surface area contributed by atoms with Gasteiger partial charge in [0, 0.05) is 43.5 Å². The fourth-order valence-corrected chi connectivity index (χ4v) is 11.9. The van der Waals surface area contributed by atoms with Crippen molar-refractivity contribution in [2.75, 3.05) is 18.8 Å². The molecule has 2 aliphatic heterocycles. The number of nitrogens with one attached hydrogen (secondary N) is 12. The molecule has 1 aromatic carbocycles. The number of hydrogen-bond donors (Lipinski definition) is 17. The van der Waals surface area contributed by atoms with E-state index in [1.807, 2.05) is 27.7 Å². The van der Waals surface area contributed by atoms with Crippen LogP contribution in [0.25, 0.3) is 0 Å². The van der Waals surface area contributed by atoms with Crippen LogP contribution in [0.5, 0.6) is 0 Å². The predicted octanol–water partition coefficient (Wildman–Crippen LogP) is -2.07. The second kappa shape index (κ2) is 41.4. The van der Waals surface area contributed by atoms with Crippen molar-refractivity contribution in [3.63, 3.8) is 0 Å². The van der Waals surface area contributed by atoms with E-state index in [1.165, 1.54) is 24.3 Å². The largest absolute Gasteiger partial charge is 0.481 e. The monoisotopic (exact) mass is 1410 g/mol. The molecule has 99 heavy (non-hydrogen) atoms. The van der Waals surface area contributed by atoms with Crippen LogP contribution in [0.2, 0.25) is 0 Å². The number of thioether (sulfide) groups is 1. The van der Waals surface area contributed by atoms with Gasteiger partial charge in [0.1, 0.15) is 66.5 Å². The average Bonchev–Trinajstić information content (AvgIpc) is 1.80. The van der Waals surface area contributed by atoms with E-state index in [0.29, 0.717) is 34.9 Å². The molecule has 0 spiro atoms. The number of amides is 12. The van der Waals surface area contributed by atoms with Crippen LogP contribution in [-0.2, 0) is 80.0 Å². The Balaban J connectivity index is 1.67. The number of imidazole rings is 1. The van der Waals surface area contributed by atoms with Crippen LogP contribution in [0.15, 0.2) is 47.8 Å². The topological polar surface area (TPSA) is 531 Å². The summed E-state index contributed by atoms with van der Waals surface area (Å²) < 4.78 is 0. The first-order chi connectivity index (χ1) is 46.8. The van der Waals surface area contributed by atoms with Gasteiger partial charge in [-0.25, -0.2) is 4.98 Å². The summed E-state index contributed by atoms with van der Waals surface area (Å²) >= 11 is 1.35. The Labute approximate surface area is 579 Å². The lowest BCUT2D eigenvalue weighted by atomic mass is 9.96. The zero-order chi connectivity index (χ0) is 73.6. The highest BCUT2D eigenvalue weighted by molar-refractivity contribution is 8.14. The van der Waals surface area contributed by atoms with Crippen LogP contribution in [0.1, 0.15) is 144 Å². The molecule has 14 atom stereocenters. The van der Waals surface area contributed by atoms with Gasteiger partial charge in [0.2, 0.25) is 70.9 Å². The molecule has 0 bridgehead atoms. The van der Waals surface area contributed by atoms with Crippen molar-refractivity contribution >= 4 is 99.6 Å².